The lowest BCUT2D eigenvalue weighted by Gasteiger charge is -2.50. The zero-order valence-corrected chi connectivity index (χ0v) is 15.8. The van der Waals surface area contributed by atoms with E-state index in [0.717, 1.165) is 44.2 Å². The number of ether oxygens (including phenoxy) is 3. The first-order valence-electron chi connectivity index (χ1n) is 9.28. The number of nitrogens with zero attached hydrogens (tertiary/aromatic N) is 1. The summed E-state index contributed by atoms with van der Waals surface area (Å²) in [7, 11) is 1.70. The Bertz CT molecular complexity index is 771. The Morgan fingerprint density at radius 2 is 1.85 bits per heavy atom. The predicted octanol–water partition coefficient (Wildman–Crippen LogP) is 3.98. The lowest BCUT2D eigenvalue weighted by molar-refractivity contribution is -0.157. The Morgan fingerprint density at radius 1 is 1.08 bits per heavy atom. The summed E-state index contributed by atoms with van der Waals surface area (Å²) < 4.78 is 17.9. The number of fused-ring (bicyclic) bond motifs is 2. The van der Waals surface area contributed by atoms with E-state index >= 15 is 0 Å². The first kappa shape index (κ1) is 17.4. The van der Waals surface area contributed by atoms with E-state index in [1.54, 1.807) is 7.11 Å². The average molecular weight is 353 g/mol. The molecule has 1 unspecified atom stereocenters. The van der Waals surface area contributed by atoms with E-state index in [0.29, 0.717) is 0 Å². The van der Waals surface area contributed by atoms with Crippen molar-refractivity contribution in [2.75, 3.05) is 26.8 Å². The third kappa shape index (κ3) is 3.31. The molecule has 2 aromatic rings. The fraction of sp³-hybridized carbons (Fsp3) is 0.455. The fourth-order valence-corrected chi connectivity index (χ4v) is 4.30. The zero-order valence-electron chi connectivity index (χ0n) is 15.8. The quantitative estimate of drug-likeness (QED) is 0.835. The van der Waals surface area contributed by atoms with Gasteiger partial charge in [-0.3, -0.25) is 4.90 Å². The highest BCUT2D eigenvalue weighted by molar-refractivity contribution is 5.42. The number of benzene rings is 2. The molecular formula is C22H27NO3. The molecule has 4 nitrogen and oxygen atoms in total. The van der Waals surface area contributed by atoms with E-state index in [2.05, 4.69) is 49.1 Å². The summed E-state index contributed by atoms with van der Waals surface area (Å²) in [6, 6.07) is 16.7. The molecule has 0 N–H and O–H groups in total. The van der Waals surface area contributed by atoms with Gasteiger partial charge in [-0.15, -0.1) is 0 Å². The van der Waals surface area contributed by atoms with E-state index < -0.39 is 0 Å². The van der Waals surface area contributed by atoms with Crippen molar-refractivity contribution in [3.8, 4) is 11.5 Å². The number of para-hydroxylation sites is 1. The van der Waals surface area contributed by atoms with Crippen LogP contribution in [0, 0.1) is 0 Å². The minimum absolute atomic E-state index is 0.239. The smallest absolute Gasteiger partial charge is 0.126 e. The third-order valence-corrected chi connectivity index (χ3v) is 5.31. The summed E-state index contributed by atoms with van der Waals surface area (Å²) in [6.07, 6.45) is 0.857. The second kappa shape index (κ2) is 6.60. The Labute approximate surface area is 155 Å². The van der Waals surface area contributed by atoms with Gasteiger partial charge in [-0.25, -0.2) is 0 Å². The molecule has 1 saturated heterocycles. The molecule has 0 bridgehead atoms. The van der Waals surface area contributed by atoms with Crippen LogP contribution >= 0.6 is 0 Å². The highest BCUT2D eigenvalue weighted by Crippen LogP contribution is 2.47. The summed E-state index contributed by atoms with van der Waals surface area (Å²) in [5, 5.41) is 0. The Balaban J connectivity index is 1.59. The molecule has 2 aliphatic heterocycles. The van der Waals surface area contributed by atoms with Crippen LogP contribution in [0.3, 0.4) is 0 Å². The summed E-state index contributed by atoms with van der Waals surface area (Å²) in [6.45, 7) is 7.77. The first-order valence-corrected chi connectivity index (χ1v) is 9.28. The van der Waals surface area contributed by atoms with Crippen LogP contribution in [0.2, 0.25) is 0 Å². The SMILES string of the molecule is COc1ccc(CN2CCOC3(C2)CC(C)(C)Oc2ccccc23)cc1. The van der Waals surface area contributed by atoms with Gasteiger partial charge in [-0.1, -0.05) is 30.3 Å². The van der Waals surface area contributed by atoms with E-state index in [4.69, 9.17) is 14.2 Å². The Morgan fingerprint density at radius 3 is 2.62 bits per heavy atom. The summed E-state index contributed by atoms with van der Waals surface area (Å²) in [4.78, 5) is 2.49. The molecule has 2 heterocycles. The molecule has 1 spiro atoms. The normalized spacial score (nSPS) is 24.7. The van der Waals surface area contributed by atoms with Crippen molar-refractivity contribution in [1.82, 2.24) is 4.90 Å². The number of rotatable bonds is 3. The lowest BCUT2D eigenvalue weighted by Crippen LogP contribution is -2.55. The predicted molar refractivity (Wildman–Crippen MR) is 102 cm³/mol. The van der Waals surface area contributed by atoms with Gasteiger partial charge in [0.1, 0.15) is 22.7 Å². The zero-order chi connectivity index (χ0) is 18.2. The molecule has 2 aromatic carbocycles. The van der Waals surface area contributed by atoms with E-state index in [1.165, 1.54) is 11.1 Å². The fourth-order valence-electron chi connectivity index (χ4n) is 4.30. The van der Waals surface area contributed by atoms with Gasteiger partial charge in [0, 0.05) is 31.6 Å². The molecule has 4 heteroatoms. The molecule has 26 heavy (non-hydrogen) atoms. The van der Waals surface area contributed by atoms with Gasteiger partial charge in [0.05, 0.1) is 13.7 Å². The standard InChI is InChI=1S/C22H27NO3/c1-21(2)15-22(19-6-4-5-7-20(19)26-21)16-23(12-13-25-22)14-17-8-10-18(24-3)11-9-17/h4-11H,12-16H2,1-3H3. The molecule has 2 aliphatic rings. The maximum atomic E-state index is 6.43. The van der Waals surface area contributed by atoms with Gasteiger partial charge in [-0.05, 0) is 37.6 Å². The Kier molecular flexibility index (Phi) is 4.41. The maximum Gasteiger partial charge on any atom is 0.126 e. The lowest BCUT2D eigenvalue weighted by atomic mass is 9.79. The topological polar surface area (TPSA) is 30.9 Å². The highest BCUT2D eigenvalue weighted by Gasteiger charge is 2.48. The van der Waals surface area contributed by atoms with Gasteiger partial charge >= 0.3 is 0 Å². The van der Waals surface area contributed by atoms with Crippen molar-refractivity contribution < 1.29 is 14.2 Å². The number of hydrogen-bond donors (Lipinski definition) is 0. The van der Waals surface area contributed by atoms with Crippen LogP contribution in [0.5, 0.6) is 11.5 Å². The van der Waals surface area contributed by atoms with Crippen LogP contribution in [0.15, 0.2) is 48.5 Å². The summed E-state index contributed by atoms with van der Waals surface area (Å²) >= 11 is 0. The van der Waals surface area contributed by atoms with Crippen LogP contribution in [0.1, 0.15) is 31.4 Å². The molecule has 0 radical (unpaired) electrons. The first-order chi connectivity index (χ1) is 12.5. The third-order valence-electron chi connectivity index (χ3n) is 5.31. The number of hydrogen-bond acceptors (Lipinski definition) is 4. The van der Waals surface area contributed by atoms with Crippen molar-refractivity contribution in [1.29, 1.82) is 0 Å². The van der Waals surface area contributed by atoms with Crippen LogP contribution in [0.4, 0.5) is 0 Å². The summed E-state index contributed by atoms with van der Waals surface area (Å²) in [5.74, 6) is 1.85. The van der Waals surface area contributed by atoms with Crippen LogP contribution < -0.4 is 9.47 Å². The molecule has 0 saturated carbocycles. The highest BCUT2D eigenvalue weighted by atomic mass is 16.5. The van der Waals surface area contributed by atoms with Gasteiger partial charge in [0.2, 0.25) is 0 Å². The molecule has 138 valence electrons. The summed E-state index contributed by atoms with van der Waals surface area (Å²) in [5.41, 5.74) is 1.93. The monoisotopic (exact) mass is 353 g/mol. The minimum Gasteiger partial charge on any atom is -0.497 e. The van der Waals surface area contributed by atoms with Gasteiger partial charge in [0.25, 0.3) is 0 Å². The van der Waals surface area contributed by atoms with Gasteiger partial charge in [0.15, 0.2) is 0 Å². The van der Waals surface area contributed by atoms with Crippen molar-refractivity contribution in [3.63, 3.8) is 0 Å². The van der Waals surface area contributed by atoms with Crippen LogP contribution in [-0.4, -0.2) is 37.3 Å². The van der Waals surface area contributed by atoms with Crippen LogP contribution in [-0.2, 0) is 16.9 Å². The van der Waals surface area contributed by atoms with Crippen molar-refractivity contribution in [3.05, 3.63) is 59.7 Å². The molecule has 1 atom stereocenters. The van der Waals surface area contributed by atoms with Gasteiger partial charge in [-0.2, -0.15) is 0 Å². The molecule has 0 aliphatic carbocycles. The number of morpholine rings is 1. The van der Waals surface area contributed by atoms with E-state index in [1.807, 2.05) is 18.2 Å². The molecular weight excluding hydrogens is 326 g/mol. The molecule has 0 aromatic heterocycles. The molecule has 0 amide bonds. The second-order valence-corrected chi connectivity index (χ2v) is 7.94. The van der Waals surface area contributed by atoms with Gasteiger partial charge < -0.3 is 14.2 Å². The van der Waals surface area contributed by atoms with Crippen molar-refractivity contribution in [2.45, 2.75) is 38.0 Å². The van der Waals surface area contributed by atoms with E-state index in [-0.39, 0.29) is 11.2 Å². The Hall–Kier alpha value is -2.04. The largest absolute Gasteiger partial charge is 0.497 e. The minimum atomic E-state index is -0.303. The van der Waals surface area contributed by atoms with E-state index in [9.17, 15) is 0 Å². The number of methoxy groups -OCH3 is 1. The average Bonchev–Trinajstić information content (AvgIpc) is 2.61. The molecule has 4 rings (SSSR count). The van der Waals surface area contributed by atoms with Crippen molar-refractivity contribution >= 4 is 0 Å². The van der Waals surface area contributed by atoms with Crippen LogP contribution in [0.25, 0.3) is 0 Å². The second-order valence-electron chi connectivity index (χ2n) is 7.94. The van der Waals surface area contributed by atoms with Crippen molar-refractivity contribution in [2.24, 2.45) is 0 Å². The molecule has 1 fully saturated rings. The maximum absolute atomic E-state index is 6.43.